The zero-order valence-corrected chi connectivity index (χ0v) is 8.12. The monoisotopic (exact) mass is 181 g/mol. The van der Waals surface area contributed by atoms with Crippen molar-refractivity contribution in [3.8, 4) is 0 Å². The van der Waals surface area contributed by atoms with Crippen molar-refractivity contribution in [3.05, 3.63) is 25.3 Å². The number of cyclic esters (lactones) is 1. The summed E-state index contributed by atoms with van der Waals surface area (Å²) in [5.74, 6) is 0. The van der Waals surface area contributed by atoms with Crippen LogP contribution in [0.4, 0.5) is 4.79 Å². The summed E-state index contributed by atoms with van der Waals surface area (Å²) in [6.07, 6.45) is 3.11. The van der Waals surface area contributed by atoms with Crippen molar-refractivity contribution >= 4 is 6.09 Å². The lowest BCUT2D eigenvalue weighted by Gasteiger charge is -2.24. The SMILES string of the molecule is C=CCN1C(=O)OC(C)(C)C1C=C. The third-order valence-electron chi connectivity index (χ3n) is 2.18. The van der Waals surface area contributed by atoms with Crippen LogP contribution in [0.5, 0.6) is 0 Å². The molecule has 1 amide bonds. The molecule has 0 aromatic rings. The zero-order chi connectivity index (χ0) is 10.1. The van der Waals surface area contributed by atoms with Crippen LogP contribution in [0.3, 0.4) is 0 Å². The fourth-order valence-electron chi connectivity index (χ4n) is 1.57. The average Bonchev–Trinajstić information content (AvgIpc) is 2.22. The molecule has 1 saturated heterocycles. The summed E-state index contributed by atoms with van der Waals surface area (Å²) < 4.78 is 5.19. The van der Waals surface area contributed by atoms with E-state index in [-0.39, 0.29) is 12.1 Å². The predicted molar refractivity (Wildman–Crippen MR) is 51.4 cm³/mol. The lowest BCUT2D eigenvalue weighted by molar-refractivity contribution is 0.0765. The van der Waals surface area contributed by atoms with Gasteiger partial charge in [0.25, 0.3) is 0 Å². The molecule has 3 heteroatoms. The normalized spacial score (nSPS) is 25.5. The Kier molecular flexibility index (Phi) is 2.45. The molecular weight excluding hydrogens is 166 g/mol. The second-order valence-electron chi connectivity index (χ2n) is 3.59. The number of ether oxygens (including phenoxy) is 1. The lowest BCUT2D eigenvalue weighted by atomic mass is 9.99. The van der Waals surface area contributed by atoms with E-state index in [1.165, 1.54) is 0 Å². The molecule has 3 nitrogen and oxygen atoms in total. The maximum absolute atomic E-state index is 11.4. The highest BCUT2D eigenvalue weighted by Crippen LogP contribution is 2.29. The Morgan fingerprint density at radius 3 is 2.69 bits per heavy atom. The third-order valence-corrected chi connectivity index (χ3v) is 2.18. The first-order valence-electron chi connectivity index (χ1n) is 4.26. The molecule has 0 spiro atoms. The van der Waals surface area contributed by atoms with Gasteiger partial charge in [-0.15, -0.1) is 13.2 Å². The van der Waals surface area contributed by atoms with Crippen LogP contribution in [0.1, 0.15) is 13.8 Å². The van der Waals surface area contributed by atoms with E-state index in [0.29, 0.717) is 6.54 Å². The average molecular weight is 181 g/mol. The smallest absolute Gasteiger partial charge is 0.411 e. The number of carbonyl (C=O) groups is 1. The van der Waals surface area contributed by atoms with Crippen molar-refractivity contribution < 1.29 is 9.53 Å². The molecule has 1 aliphatic rings. The number of amides is 1. The van der Waals surface area contributed by atoms with Crippen LogP contribution >= 0.6 is 0 Å². The van der Waals surface area contributed by atoms with Gasteiger partial charge < -0.3 is 4.74 Å². The Hall–Kier alpha value is -1.25. The van der Waals surface area contributed by atoms with E-state index in [1.54, 1.807) is 17.1 Å². The largest absolute Gasteiger partial charge is 0.441 e. The van der Waals surface area contributed by atoms with Crippen LogP contribution < -0.4 is 0 Å². The molecule has 0 N–H and O–H groups in total. The molecule has 0 radical (unpaired) electrons. The fraction of sp³-hybridized carbons (Fsp3) is 0.500. The van der Waals surface area contributed by atoms with Gasteiger partial charge in [-0.25, -0.2) is 4.79 Å². The number of hydrogen-bond donors (Lipinski definition) is 0. The highest BCUT2D eigenvalue weighted by molar-refractivity contribution is 5.72. The van der Waals surface area contributed by atoms with Gasteiger partial charge in [-0.2, -0.15) is 0 Å². The number of hydrogen-bond acceptors (Lipinski definition) is 2. The molecule has 0 bridgehead atoms. The van der Waals surface area contributed by atoms with E-state index in [4.69, 9.17) is 4.74 Å². The standard InChI is InChI=1S/C10H15NO2/c1-5-7-11-8(6-2)10(3,4)13-9(11)12/h5-6,8H,1-2,7H2,3-4H3. The Balaban J connectivity index is 2.89. The molecule has 13 heavy (non-hydrogen) atoms. The van der Waals surface area contributed by atoms with Crippen LogP contribution in [-0.4, -0.2) is 29.2 Å². The minimum absolute atomic E-state index is 0.0713. The van der Waals surface area contributed by atoms with E-state index in [9.17, 15) is 4.79 Å². The first-order chi connectivity index (χ1) is 6.03. The number of rotatable bonds is 3. The second kappa shape index (κ2) is 3.24. The third kappa shape index (κ3) is 1.59. The van der Waals surface area contributed by atoms with Gasteiger partial charge in [0.2, 0.25) is 0 Å². The molecule has 0 aromatic heterocycles. The van der Waals surface area contributed by atoms with Crippen molar-refractivity contribution in [1.82, 2.24) is 4.90 Å². The minimum Gasteiger partial charge on any atom is -0.441 e. The topological polar surface area (TPSA) is 29.5 Å². The summed E-state index contributed by atoms with van der Waals surface area (Å²) >= 11 is 0. The van der Waals surface area contributed by atoms with Crippen molar-refractivity contribution in [2.75, 3.05) is 6.54 Å². The van der Waals surface area contributed by atoms with E-state index < -0.39 is 5.60 Å². The maximum Gasteiger partial charge on any atom is 0.411 e. The molecule has 1 atom stereocenters. The Morgan fingerprint density at radius 2 is 2.23 bits per heavy atom. The van der Waals surface area contributed by atoms with Gasteiger partial charge in [-0.3, -0.25) is 4.90 Å². The van der Waals surface area contributed by atoms with Gasteiger partial charge in [0, 0.05) is 6.54 Å². The molecule has 1 unspecified atom stereocenters. The van der Waals surface area contributed by atoms with Crippen LogP contribution in [0.2, 0.25) is 0 Å². The lowest BCUT2D eigenvalue weighted by Crippen LogP contribution is -2.39. The fourth-order valence-corrected chi connectivity index (χ4v) is 1.57. The summed E-state index contributed by atoms with van der Waals surface area (Å²) in [5.41, 5.74) is -0.484. The molecule has 0 aromatic carbocycles. The first-order valence-corrected chi connectivity index (χ1v) is 4.26. The van der Waals surface area contributed by atoms with Gasteiger partial charge in [0.1, 0.15) is 5.60 Å². The van der Waals surface area contributed by atoms with Gasteiger partial charge in [-0.1, -0.05) is 12.2 Å². The Morgan fingerprint density at radius 1 is 1.62 bits per heavy atom. The quantitative estimate of drug-likeness (QED) is 0.623. The minimum atomic E-state index is -0.484. The molecule has 1 aliphatic heterocycles. The van der Waals surface area contributed by atoms with E-state index in [0.717, 1.165) is 0 Å². The van der Waals surface area contributed by atoms with E-state index >= 15 is 0 Å². The summed E-state index contributed by atoms with van der Waals surface area (Å²) in [7, 11) is 0. The van der Waals surface area contributed by atoms with Gasteiger partial charge >= 0.3 is 6.09 Å². The Labute approximate surface area is 78.7 Å². The van der Waals surface area contributed by atoms with Crippen LogP contribution in [-0.2, 0) is 4.74 Å². The summed E-state index contributed by atoms with van der Waals surface area (Å²) in [5, 5.41) is 0. The zero-order valence-electron chi connectivity index (χ0n) is 8.12. The summed E-state index contributed by atoms with van der Waals surface area (Å²) in [4.78, 5) is 13.0. The van der Waals surface area contributed by atoms with Crippen molar-refractivity contribution in [2.24, 2.45) is 0 Å². The molecule has 0 aliphatic carbocycles. The highest BCUT2D eigenvalue weighted by Gasteiger charge is 2.45. The molecule has 0 saturated carbocycles. The maximum atomic E-state index is 11.4. The van der Waals surface area contributed by atoms with Crippen LogP contribution in [0.25, 0.3) is 0 Å². The summed E-state index contributed by atoms with van der Waals surface area (Å²) in [6.45, 7) is 11.5. The number of carbonyl (C=O) groups excluding carboxylic acids is 1. The Bertz CT molecular complexity index is 245. The van der Waals surface area contributed by atoms with E-state index in [1.807, 2.05) is 13.8 Å². The van der Waals surface area contributed by atoms with Crippen molar-refractivity contribution in [3.63, 3.8) is 0 Å². The predicted octanol–water partition coefficient (Wildman–Crippen LogP) is 1.96. The van der Waals surface area contributed by atoms with Gasteiger partial charge in [0.15, 0.2) is 0 Å². The first kappa shape index (κ1) is 9.84. The summed E-state index contributed by atoms with van der Waals surface area (Å²) in [6, 6.07) is -0.0713. The molecule has 72 valence electrons. The second-order valence-corrected chi connectivity index (χ2v) is 3.59. The van der Waals surface area contributed by atoms with Crippen molar-refractivity contribution in [1.29, 1.82) is 0 Å². The highest BCUT2D eigenvalue weighted by atomic mass is 16.6. The molecular formula is C10H15NO2. The number of nitrogens with zero attached hydrogens (tertiary/aromatic N) is 1. The van der Waals surface area contributed by atoms with Crippen LogP contribution in [0.15, 0.2) is 25.3 Å². The molecule has 1 heterocycles. The molecule has 1 fully saturated rings. The van der Waals surface area contributed by atoms with Crippen molar-refractivity contribution in [2.45, 2.75) is 25.5 Å². The molecule has 1 rings (SSSR count). The van der Waals surface area contributed by atoms with E-state index in [2.05, 4.69) is 13.2 Å². The van der Waals surface area contributed by atoms with Gasteiger partial charge in [-0.05, 0) is 13.8 Å². The van der Waals surface area contributed by atoms with Gasteiger partial charge in [0.05, 0.1) is 6.04 Å². The van der Waals surface area contributed by atoms with Crippen LogP contribution in [0, 0.1) is 0 Å².